The van der Waals surface area contributed by atoms with Crippen molar-refractivity contribution in [2.24, 2.45) is 0 Å². The van der Waals surface area contributed by atoms with Crippen LogP contribution in [0.15, 0.2) is 54.6 Å². The van der Waals surface area contributed by atoms with Crippen LogP contribution >= 0.6 is 0 Å². The number of carbonyl (C=O) groups is 2. The molecule has 0 aliphatic heterocycles. The number of carboxylic acid groups (broad SMARTS) is 1. The highest BCUT2D eigenvalue weighted by atomic mass is 19.4. The van der Waals surface area contributed by atoms with Crippen molar-refractivity contribution in [3.05, 3.63) is 88.2 Å². The number of aromatic carboxylic acids is 1. The van der Waals surface area contributed by atoms with Crippen LogP contribution in [0, 0.1) is 13.8 Å². The van der Waals surface area contributed by atoms with E-state index in [0.29, 0.717) is 17.8 Å². The molecule has 1 aromatic heterocycles. The molecule has 162 valence electrons. The fourth-order valence-electron chi connectivity index (χ4n) is 3.55. The standard InChI is InChI=1S/C23H21F3N2O3/c1-14-12-18(15(2)28(14)20-9-4-3-8-19(20)23(24,25)26)21(29)27-11-10-16-6-5-7-17(13-16)22(30)31/h3-9,12-13H,10-11H2,1-2H3,(H,27,29)(H,30,31). The quantitative estimate of drug-likeness (QED) is 0.591. The van der Waals surface area contributed by atoms with E-state index in [1.165, 1.54) is 34.9 Å². The smallest absolute Gasteiger partial charge is 0.418 e. The highest BCUT2D eigenvalue weighted by molar-refractivity contribution is 5.96. The summed E-state index contributed by atoms with van der Waals surface area (Å²) >= 11 is 0. The van der Waals surface area contributed by atoms with Gasteiger partial charge in [-0.1, -0.05) is 24.3 Å². The van der Waals surface area contributed by atoms with Crippen molar-refractivity contribution < 1.29 is 27.9 Å². The molecule has 5 nitrogen and oxygen atoms in total. The third-order valence-electron chi connectivity index (χ3n) is 5.00. The summed E-state index contributed by atoms with van der Waals surface area (Å²) in [5.41, 5.74) is 1.30. The van der Waals surface area contributed by atoms with Crippen LogP contribution in [-0.2, 0) is 12.6 Å². The van der Waals surface area contributed by atoms with Gasteiger partial charge in [0.25, 0.3) is 5.91 Å². The molecule has 8 heteroatoms. The normalized spacial score (nSPS) is 11.4. The number of alkyl halides is 3. The molecule has 0 atom stereocenters. The summed E-state index contributed by atoms with van der Waals surface area (Å²) in [7, 11) is 0. The number of carbonyl (C=O) groups excluding carboxylic acids is 1. The Morgan fingerprint density at radius 1 is 1.03 bits per heavy atom. The Morgan fingerprint density at radius 2 is 1.74 bits per heavy atom. The predicted octanol–water partition coefficient (Wildman–Crippen LogP) is 4.78. The summed E-state index contributed by atoms with van der Waals surface area (Å²) in [5.74, 6) is -1.43. The lowest BCUT2D eigenvalue weighted by atomic mass is 10.1. The lowest BCUT2D eigenvalue weighted by Gasteiger charge is -2.16. The van der Waals surface area contributed by atoms with Crippen molar-refractivity contribution in [1.29, 1.82) is 0 Å². The predicted molar refractivity (Wildman–Crippen MR) is 110 cm³/mol. The largest absolute Gasteiger partial charge is 0.478 e. The van der Waals surface area contributed by atoms with Gasteiger partial charge >= 0.3 is 12.1 Å². The van der Waals surface area contributed by atoms with Crippen molar-refractivity contribution in [3.8, 4) is 5.69 Å². The summed E-state index contributed by atoms with van der Waals surface area (Å²) in [6.45, 7) is 3.50. The fourth-order valence-corrected chi connectivity index (χ4v) is 3.55. The van der Waals surface area contributed by atoms with Gasteiger partial charge in [-0.2, -0.15) is 13.2 Å². The molecule has 0 radical (unpaired) electrons. The maximum atomic E-state index is 13.4. The van der Waals surface area contributed by atoms with Crippen molar-refractivity contribution in [3.63, 3.8) is 0 Å². The van der Waals surface area contributed by atoms with Gasteiger partial charge in [-0.05, 0) is 56.2 Å². The molecular weight excluding hydrogens is 409 g/mol. The Hall–Kier alpha value is -3.55. The molecule has 0 fully saturated rings. The summed E-state index contributed by atoms with van der Waals surface area (Å²) in [4.78, 5) is 23.7. The number of nitrogens with zero attached hydrogens (tertiary/aromatic N) is 1. The minimum Gasteiger partial charge on any atom is -0.478 e. The summed E-state index contributed by atoms with van der Waals surface area (Å²) in [5, 5.41) is 11.8. The SMILES string of the molecule is Cc1cc(C(=O)NCCc2cccc(C(=O)O)c2)c(C)n1-c1ccccc1C(F)(F)F. The molecule has 0 spiro atoms. The first-order chi connectivity index (χ1) is 14.6. The maximum Gasteiger partial charge on any atom is 0.418 e. The monoisotopic (exact) mass is 430 g/mol. The molecule has 2 N–H and O–H groups in total. The lowest BCUT2D eigenvalue weighted by molar-refractivity contribution is -0.137. The lowest BCUT2D eigenvalue weighted by Crippen LogP contribution is -2.26. The number of amides is 1. The van der Waals surface area contributed by atoms with Crippen LogP contribution in [0.3, 0.4) is 0 Å². The van der Waals surface area contributed by atoms with Gasteiger partial charge in [-0.15, -0.1) is 0 Å². The molecule has 3 aromatic rings. The van der Waals surface area contributed by atoms with Gasteiger partial charge in [-0.3, -0.25) is 4.79 Å². The Kier molecular flexibility index (Phi) is 6.19. The number of hydrogen-bond acceptors (Lipinski definition) is 2. The number of para-hydroxylation sites is 1. The molecule has 1 heterocycles. The second kappa shape index (κ2) is 8.67. The van der Waals surface area contributed by atoms with Crippen LogP contribution in [0.25, 0.3) is 5.69 Å². The first kappa shape index (κ1) is 22.1. The number of aryl methyl sites for hydroxylation is 1. The van der Waals surface area contributed by atoms with Crippen LogP contribution in [0.4, 0.5) is 13.2 Å². The van der Waals surface area contributed by atoms with Crippen LogP contribution in [0.1, 0.15) is 43.2 Å². The Labute approximate surface area is 177 Å². The molecule has 0 bridgehead atoms. The van der Waals surface area contributed by atoms with Crippen LogP contribution in [-0.4, -0.2) is 28.1 Å². The Balaban J connectivity index is 1.79. The molecule has 1 amide bonds. The van der Waals surface area contributed by atoms with Gasteiger partial charge in [0.15, 0.2) is 0 Å². The number of aromatic nitrogens is 1. The van der Waals surface area contributed by atoms with E-state index >= 15 is 0 Å². The van der Waals surface area contributed by atoms with E-state index in [1.54, 1.807) is 32.0 Å². The van der Waals surface area contributed by atoms with Gasteiger partial charge in [0.2, 0.25) is 0 Å². The van der Waals surface area contributed by atoms with Crippen LogP contribution in [0.5, 0.6) is 0 Å². The van der Waals surface area contributed by atoms with E-state index in [2.05, 4.69) is 5.32 Å². The number of rotatable bonds is 6. The Bertz CT molecular complexity index is 1130. The number of carboxylic acids is 1. The summed E-state index contributed by atoms with van der Waals surface area (Å²) in [6, 6.07) is 13.2. The number of hydrogen-bond donors (Lipinski definition) is 2. The number of nitrogens with one attached hydrogen (secondary N) is 1. The number of benzene rings is 2. The van der Waals surface area contributed by atoms with E-state index in [0.717, 1.165) is 11.6 Å². The van der Waals surface area contributed by atoms with E-state index in [4.69, 9.17) is 5.11 Å². The average Bonchev–Trinajstić information content (AvgIpc) is 3.01. The van der Waals surface area contributed by atoms with Crippen LogP contribution < -0.4 is 5.32 Å². The molecular formula is C23H21F3N2O3. The van der Waals surface area contributed by atoms with Gasteiger partial charge in [0.1, 0.15) is 0 Å². The first-order valence-corrected chi connectivity index (χ1v) is 9.55. The first-order valence-electron chi connectivity index (χ1n) is 9.55. The minimum atomic E-state index is -4.52. The molecule has 0 aliphatic carbocycles. The zero-order chi connectivity index (χ0) is 22.8. The maximum absolute atomic E-state index is 13.4. The zero-order valence-corrected chi connectivity index (χ0v) is 17.0. The second-order valence-corrected chi connectivity index (χ2v) is 7.15. The van der Waals surface area contributed by atoms with Gasteiger partial charge in [0.05, 0.1) is 22.4 Å². The molecule has 31 heavy (non-hydrogen) atoms. The van der Waals surface area contributed by atoms with Crippen molar-refractivity contribution in [1.82, 2.24) is 9.88 Å². The molecule has 0 saturated carbocycles. The Morgan fingerprint density at radius 3 is 2.42 bits per heavy atom. The highest BCUT2D eigenvalue weighted by Crippen LogP contribution is 2.35. The topological polar surface area (TPSA) is 71.3 Å². The van der Waals surface area contributed by atoms with Crippen molar-refractivity contribution in [2.75, 3.05) is 6.54 Å². The third-order valence-corrected chi connectivity index (χ3v) is 5.00. The van der Waals surface area contributed by atoms with E-state index < -0.39 is 23.6 Å². The van der Waals surface area contributed by atoms with Crippen molar-refractivity contribution in [2.45, 2.75) is 26.4 Å². The second-order valence-electron chi connectivity index (χ2n) is 7.15. The van der Waals surface area contributed by atoms with Gasteiger partial charge in [0, 0.05) is 17.9 Å². The van der Waals surface area contributed by atoms with Gasteiger partial charge in [-0.25, -0.2) is 4.79 Å². The number of halogens is 3. The molecule has 0 aliphatic rings. The average molecular weight is 430 g/mol. The third kappa shape index (κ3) is 4.79. The summed E-state index contributed by atoms with van der Waals surface area (Å²) in [6.07, 6.45) is -4.10. The molecule has 0 saturated heterocycles. The van der Waals surface area contributed by atoms with Crippen LogP contribution in [0.2, 0.25) is 0 Å². The molecule has 0 unspecified atom stereocenters. The zero-order valence-electron chi connectivity index (χ0n) is 17.0. The van der Waals surface area contributed by atoms with E-state index in [1.807, 2.05) is 0 Å². The highest BCUT2D eigenvalue weighted by Gasteiger charge is 2.34. The molecule has 2 aromatic carbocycles. The fraction of sp³-hybridized carbons (Fsp3) is 0.217. The van der Waals surface area contributed by atoms with E-state index in [-0.39, 0.29) is 23.4 Å². The summed E-state index contributed by atoms with van der Waals surface area (Å²) < 4.78 is 41.7. The van der Waals surface area contributed by atoms with E-state index in [9.17, 15) is 22.8 Å². The molecule has 3 rings (SSSR count). The van der Waals surface area contributed by atoms with Gasteiger partial charge < -0.3 is 15.0 Å². The van der Waals surface area contributed by atoms with Crippen molar-refractivity contribution >= 4 is 11.9 Å². The minimum absolute atomic E-state index is 0.0328.